The van der Waals surface area contributed by atoms with Crippen LogP contribution in [0.15, 0.2) is 0 Å². The van der Waals surface area contributed by atoms with Gasteiger partial charge >= 0.3 is 12.1 Å². The maximum atomic E-state index is 11.0. The van der Waals surface area contributed by atoms with Gasteiger partial charge in [0.25, 0.3) is 0 Å². The van der Waals surface area contributed by atoms with Gasteiger partial charge in [-0.1, -0.05) is 0 Å². The molecule has 2 N–H and O–H groups in total. The van der Waals surface area contributed by atoms with Crippen molar-refractivity contribution >= 4 is 12.1 Å². The van der Waals surface area contributed by atoms with E-state index >= 15 is 0 Å². The smallest absolute Gasteiger partial charge is 0.375 e. The second kappa shape index (κ2) is 3.53. The number of rotatable bonds is 1. The lowest BCUT2D eigenvalue weighted by molar-refractivity contribution is -0.139. The third-order valence-corrected chi connectivity index (χ3v) is 1.67. The summed E-state index contributed by atoms with van der Waals surface area (Å²) in [7, 11) is 0. The zero-order chi connectivity index (χ0) is 9.14. The third-order valence-electron chi connectivity index (χ3n) is 1.67. The number of hydrogen-bond acceptors (Lipinski definition) is 4. The Hall–Kier alpha value is -1.10. The first-order chi connectivity index (χ1) is 5.61. The molecule has 1 aliphatic heterocycles. The molecule has 5 heteroatoms. The Labute approximate surface area is 70.5 Å². The van der Waals surface area contributed by atoms with Crippen molar-refractivity contribution in [3.63, 3.8) is 0 Å². The summed E-state index contributed by atoms with van der Waals surface area (Å²) in [5.74, 6) is -0.674. The molecule has 1 rings (SSSR count). The van der Waals surface area contributed by atoms with Gasteiger partial charge < -0.3 is 15.4 Å². The summed E-state index contributed by atoms with van der Waals surface area (Å²) in [6.07, 6.45) is 0.394. The highest BCUT2D eigenvalue weighted by Gasteiger charge is 2.24. The van der Waals surface area contributed by atoms with Crippen molar-refractivity contribution in [2.24, 2.45) is 5.73 Å². The standard InChI is InChI=1S/C7H12N2O3/c1-5(8)6(10)12-7(11)9-3-2-4-9/h5H,2-4,8H2,1H3/t5-/m0/s1. The molecule has 0 aliphatic carbocycles. The van der Waals surface area contributed by atoms with E-state index in [9.17, 15) is 9.59 Å². The van der Waals surface area contributed by atoms with Crippen molar-refractivity contribution in [3.05, 3.63) is 0 Å². The van der Waals surface area contributed by atoms with Crippen molar-refractivity contribution in [2.45, 2.75) is 19.4 Å². The molecule has 0 aromatic rings. The minimum atomic E-state index is -0.741. The molecule has 1 saturated heterocycles. The molecule has 0 bridgehead atoms. The van der Waals surface area contributed by atoms with Gasteiger partial charge in [0.05, 0.1) is 0 Å². The van der Waals surface area contributed by atoms with Gasteiger partial charge in [-0.3, -0.25) is 0 Å². The van der Waals surface area contributed by atoms with Crippen LogP contribution in [-0.2, 0) is 9.53 Å². The predicted molar refractivity (Wildman–Crippen MR) is 41.3 cm³/mol. The maximum absolute atomic E-state index is 11.0. The highest BCUT2D eigenvalue weighted by atomic mass is 16.6. The molecule has 12 heavy (non-hydrogen) atoms. The molecule has 1 fully saturated rings. The molecule has 0 aromatic heterocycles. The van der Waals surface area contributed by atoms with Gasteiger partial charge in [0.15, 0.2) is 0 Å². The van der Waals surface area contributed by atoms with E-state index in [1.165, 1.54) is 11.8 Å². The minimum absolute atomic E-state index is 0.580. The highest BCUT2D eigenvalue weighted by Crippen LogP contribution is 2.07. The first-order valence-electron chi connectivity index (χ1n) is 3.87. The average molecular weight is 172 g/mol. The summed E-state index contributed by atoms with van der Waals surface area (Å²) in [6.45, 7) is 2.82. The van der Waals surface area contributed by atoms with Crippen LogP contribution in [0.5, 0.6) is 0 Å². The number of nitrogens with zero attached hydrogens (tertiary/aromatic N) is 1. The lowest BCUT2D eigenvalue weighted by Gasteiger charge is -2.29. The first kappa shape index (κ1) is 8.99. The Morgan fingerprint density at radius 2 is 2.08 bits per heavy atom. The Morgan fingerprint density at radius 3 is 2.42 bits per heavy atom. The van der Waals surface area contributed by atoms with E-state index in [-0.39, 0.29) is 0 Å². The molecule has 1 aliphatic rings. The van der Waals surface area contributed by atoms with E-state index in [4.69, 9.17) is 5.73 Å². The molecule has 5 nitrogen and oxygen atoms in total. The number of amides is 1. The highest BCUT2D eigenvalue weighted by molar-refractivity contribution is 5.87. The zero-order valence-electron chi connectivity index (χ0n) is 6.95. The summed E-state index contributed by atoms with van der Waals surface area (Å²) in [4.78, 5) is 23.2. The van der Waals surface area contributed by atoms with Crippen LogP contribution in [0.4, 0.5) is 4.79 Å². The van der Waals surface area contributed by atoms with Crippen LogP contribution in [-0.4, -0.2) is 36.1 Å². The van der Waals surface area contributed by atoms with Crippen LogP contribution in [0.3, 0.4) is 0 Å². The quantitative estimate of drug-likeness (QED) is 0.435. The normalized spacial score (nSPS) is 18.0. The van der Waals surface area contributed by atoms with Gasteiger partial charge in [0.1, 0.15) is 6.04 Å². The van der Waals surface area contributed by atoms with Gasteiger partial charge in [-0.2, -0.15) is 0 Å². The van der Waals surface area contributed by atoms with Crippen LogP contribution in [0, 0.1) is 0 Å². The maximum Gasteiger partial charge on any atom is 0.417 e. The van der Waals surface area contributed by atoms with E-state index in [2.05, 4.69) is 4.74 Å². The monoisotopic (exact) mass is 172 g/mol. The molecule has 1 amide bonds. The number of carbonyl (C=O) groups is 2. The van der Waals surface area contributed by atoms with Gasteiger partial charge in [-0.05, 0) is 13.3 Å². The van der Waals surface area contributed by atoms with Crippen molar-refractivity contribution < 1.29 is 14.3 Å². The van der Waals surface area contributed by atoms with Crippen molar-refractivity contribution in [1.82, 2.24) is 4.90 Å². The van der Waals surface area contributed by atoms with Crippen molar-refractivity contribution in [1.29, 1.82) is 0 Å². The van der Waals surface area contributed by atoms with Gasteiger partial charge in [0, 0.05) is 13.1 Å². The van der Waals surface area contributed by atoms with Gasteiger partial charge in [-0.15, -0.1) is 0 Å². The SMILES string of the molecule is C[C@H](N)C(=O)OC(=O)N1CCC1. The zero-order valence-corrected chi connectivity index (χ0v) is 6.95. The van der Waals surface area contributed by atoms with Gasteiger partial charge in [-0.25, -0.2) is 9.59 Å². The first-order valence-corrected chi connectivity index (χ1v) is 3.87. The Morgan fingerprint density at radius 1 is 1.50 bits per heavy atom. The summed E-state index contributed by atoms with van der Waals surface area (Å²) in [5.41, 5.74) is 5.20. The number of esters is 1. The van der Waals surface area contributed by atoms with Crippen LogP contribution < -0.4 is 5.73 Å². The van der Waals surface area contributed by atoms with E-state index in [0.717, 1.165) is 6.42 Å². The average Bonchev–Trinajstić information content (AvgIpc) is 1.82. The topological polar surface area (TPSA) is 72.6 Å². The number of ether oxygens (including phenoxy) is 1. The Balaban J connectivity index is 2.30. The summed E-state index contributed by atoms with van der Waals surface area (Å²) < 4.78 is 4.44. The lowest BCUT2D eigenvalue weighted by atomic mass is 10.2. The van der Waals surface area contributed by atoms with Crippen LogP contribution in [0.25, 0.3) is 0 Å². The molecular weight excluding hydrogens is 160 g/mol. The fourth-order valence-electron chi connectivity index (χ4n) is 0.742. The summed E-state index contributed by atoms with van der Waals surface area (Å²) >= 11 is 0. The number of likely N-dealkylation sites (tertiary alicyclic amines) is 1. The Bertz CT molecular complexity index is 199. The third kappa shape index (κ3) is 1.94. The lowest BCUT2D eigenvalue weighted by Crippen LogP contribution is -2.44. The molecule has 1 atom stereocenters. The number of nitrogens with two attached hydrogens (primary N) is 1. The molecule has 0 aromatic carbocycles. The largest absolute Gasteiger partial charge is 0.417 e. The fraction of sp³-hybridized carbons (Fsp3) is 0.714. The Kier molecular flexibility index (Phi) is 2.65. The van der Waals surface area contributed by atoms with Crippen LogP contribution in [0.2, 0.25) is 0 Å². The molecule has 0 unspecified atom stereocenters. The molecule has 0 saturated carbocycles. The van der Waals surface area contributed by atoms with Crippen LogP contribution >= 0.6 is 0 Å². The van der Waals surface area contributed by atoms with Crippen molar-refractivity contribution in [3.8, 4) is 0 Å². The number of hydrogen-bond donors (Lipinski definition) is 1. The minimum Gasteiger partial charge on any atom is -0.375 e. The van der Waals surface area contributed by atoms with Crippen LogP contribution in [0.1, 0.15) is 13.3 Å². The fourth-order valence-corrected chi connectivity index (χ4v) is 0.742. The second-order valence-electron chi connectivity index (χ2n) is 2.82. The van der Waals surface area contributed by atoms with E-state index in [0.29, 0.717) is 13.1 Å². The van der Waals surface area contributed by atoms with E-state index < -0.39 is 18.1 Å². The van der Waals surface area contributed by atoms with E-state index in [1.54, 1.807) is 0 Å². The molecule has 68 valence electrons. The molecule has 0 radical (unpaired) electrons. The summed E-state index contributed by atoms with van der Waals surface area (Å²) in [5, 5.41) is 0. The van der Waals surface area contributed by atoms with Gasteiger partial charge in [0.2, 0.25) is 0 Å². The number of carbonyl (C=O) groups excluding carboxylic acids is 2. The second-order valence-corrected chi connectivity index (χ2v) is 2.82. The van der Waals surface area contributed by atoms with E-state index in [1.807, 2.05) is 0 Å². The molecule has 0 spiro atoms. The molecule has 1 heterocycles. The molecular formula is C7H12N2O3. The predicted octanol–water partition coefficient (Wildman–Crippen LogP) is -0.297. The summed E-state index contributed by atoms with van der Waals surface area (Å²) in [6, 6.07) is -0.741. The van der Waals surface area contributed by atoms with Crippen molar-refractivity contribution in [2.75, 3.05) is 13.1 Å².